The normalized spacial score (nSPS) is 12.2. The zero-order valence-electron chi connectivity index (χ0n) is 16.6. The molecule has 1 heterocycles. The summed E-state index contributed by atoms with van der Waals surface area (Å²) in [5, 5.41) is 3.56. The van der Waals surface area contributed by atoms with Crippen LogP contribution in [0.15, 0.2) is 78.2 Å². The summed E-state index contributed by atoms with van der Waals surface area (Å²) < 4.78 is 21.1. The molecule has 1 atom stereocenters. The van der Waals surface area contributed by atoms with Gasteiger partial charge in [0.15, 0.2) is 9.60 Å². The van der Waals surface area contributed by atoms with Gasteiger partial charge < -0.3 is 4.74 Å². The van der Waals surface area contributed by atoms with Gasteiger partial charge in [0.05, 0.1) is 5.56 Å². The average Bonchev–Trinajstić information content (AvgIpc) is 3.05. The summed E-state index contributed by atoms with van der Waals surface area (Å²) in [6.45, 7) is 5.52. The summed E-state index contributed by atoms with van der Waals surface area (Å²) in [7, 11) is -0.133. The molecule has 0 saturated heterocycles. The predicted molar refractivity (Wildman–Crippen MR) is 117 cm³/mol. The van der Waals surface area contributed by atoms with Crippen LogP contribution in [0.25, 0.3) is 15.0 Å². The third-order valence-electron chi connectivity index (χ3n) is 5.06. The molecule has 4 rings (SSSR count). The van der Waals surface area contributed by atoms with E-state index in [4.69, 9.17) is 4.74 Å². The third-order valence-corrected chi connectivity index (χ3v) is 7.26. The smallest absolute Gasteiger partial charge is 0.339 e. The van der Waals surface area contributed by atoms with Gasteiger partial charge in [-0.2, -0.15) is 0 Å². The molecule has 0 aliphatic heterocycles. The molecule has 29 heavy (non-hydrogen) atoms. The van der Waals surface area contributed by atoms with Crippen LogP contribution in [-0.2, 0) is 10.3 Å². The Hall–Kier alpha value is -2.98. The number of aryl methyl sites for hydroxylation is 1. The molecule has 1 aromatic heterocycles. The maximum absolute atomic E-state index is 14.1. The lowest BCUT2D eigenvalue weighted by Crippen LogP contribution is -2.26. The van der Waals surface area contributed by atoms with E-state index in [1.165, 1.54) is 21.7 Å². The van der Waals surface area contributed by atoms with Gasteiger partial charge in [-0.05, 0) is 63.2 Å². The second-order valence-electron chi connectivity index (χ2n) is 7.54. The Bertz CT molecular complexity index is 1190. The zero-order chi connectivity index (χ0) is 20.6. The molecule has 0 aliphatic carbocycles. The van der Waals surface area contributed by atoms with E-state index in [1.807, 2.05) is 12.1 Å². The molecule has 0 fully saturated rings. The van der Waals surface area contributed by atoms with Gasteiger partial charge in [-0.1, -0.05) is 30.3 Å². The van der Waals surface area contributed by atoms with Crippen molar-refractivity contribution in [3.63, 3.8) is 0 Å². The molecule has 4 heteroatoms. The minimum atomic E-state index is -1.06. The summed E-state index contributed by atoms with van der Waals surface area (Å²) >= 11 is 0. The van der Waals surface area contributed by atoms with E-state index in [-0.39, 0.29) is 16.3 Å². The van der Waals surface area contributed by atoms with Gasteiger partial charge in [-0.25, -0.2) is 9.18 Å². The molecule has 0 saturated carbocycles. The predicted octanol–water partition coefficient (Wildman–Crippen LogP) is 7.12. The van der Waals surface area contributed by atoms with Crippen molar-refractivity contribution in [1.82, 2.24) is 0 Å². The van der Waals surface area contributed by atoms with E-state index in [9.17, 15) is 9.18 Å². The average molecular weight is 406 g/mol. The molecular weight excluding hydrogens is 383 g/mol. The Labute approximate surface area is 172 Å². The highest BCUT2D eigenvalue weighted by atomic mass is 32.2. The standard InChI is InChI=1S/C25H22FO2S/c1-17-16-29(23-11-7-4-8-20(17)23)19-14-12-18(13-15-19)24(27)28-25(2,3)21-9-5-6-10-22(21)26/h4-16H,1-3H3/q+1. The van der Waals surface area contributed by atoms with Crippen LogP contribution in [0.1, 0.15) is 35.3 Å². The molecule has 3 aromatic carbocycles. The summed E-state index contributed by atoms with van der Waals surface area (Å²) in [4.78, 5) is 13.8. The van der Waals surface area contributed by atoms with Gasteiger partial charge in [-0.15, -0.1) is 0 Å². The van der Waals surface area contributed by atoms with Crippen molar-refractivity contribution >= 4 is 26.5 Å². The van der Waals surface area contributed by atoms with Crippen molar-refractivity contribution < 1.29 is 13.9 Å². The van der Waals surface area contributed by atoms with Crippen LogP contribution in [0, 0.1) is 12.7 Å². The first-order valence-corrected chi connectivity index (χ1v) is 10.7. The number of carbonyl (C=O) groups is 1. The lowest BCUT2D eigenvalue weighted by Gasteiger charge is -2.26. The van der Waals surface area contributed by atoms with Crippen LogP contribution in [0.2, 0.25) is 0 Å². The van der Waals surface area contributed by atoms with Gasteiger partial charge in [0, 0.05) is 27.0 Å². The largest absolute Gasteiger partial charge is 0.451 e. The van der Waals surface area contributed by atoms with Crippen molar-refractivity contribution in [3.05, 3.63) is 101 Å². The van der Waals surface area contributed by atoms with Crippen molar-refractivity contribution in [3.8, 4) is 4.90 Å². The fourth-order valence-corrected chi connectivity index (χ4v) is 5.63. The Morgan fingerprint density at radius 2 is 1.59 bits per heavy atom. The number of benzene rings is 3. The molecule has 0 radical (unpaired) electrons. The molecule has 0 aliphatic rings. The van der Waals surface area contributed by atoms with E-state index < -0.39 is 11.6 Å². The lowest BCUT2D eigenvalue weighted by molar-refractivity contribution is -0.00451. The molecule has 146 valence electrons. The Morgan fingerprint density at radius 3 is 2.31 bits per heavy atom. The second-order valence-corrected chi connectivity index (χ2v) is 9.36. The van der Waals surface area contributed by atoms with Crippen LogP contribution in [0.3, 0.4) is 0 Å². The number of carbonyl (C=O) groups excluding carboxylic acids is 1. The second kappa shape index (κ2) is 7.45. The fraction of sp³-hybridized carbons (Fsp3) is 0.160. The van der Waals surface area contributed by atoms with Gasteiger partial charge in [-0.3, -0.25) is 0 Å². The van der Waals surface area contributed by atoms with Crippen molar-refractivity contribution in [2.24, 2.45) is 0 Å². The quantitative estimate of drug-likeness (QED) is 0.267. The molecule has 0 bridgehead atoms. The highest BCUT2D eigenvalue weighted by molar-refractivity contribution is 7.43. The Kier molecular flexibility index (Phi) is 4.97. The minimum Gasteiger partial charge on any atom is -0.451 e. The summed E-state index contributed by atoms with van der Waals surface area (Å²) in [6.07, 6.45) is 0. The third kappa shape index (κ3) is 3.68. The first-order chi connectivity index (χ1) is 13.9. The zero-order valence-corrected chi connectivity index (χ0v) is 17.4. The van der Waals surface area contributed by atoms with Crippen LogP contribution in [0.5, 0.6) is 0 Å². The molecule has 0 N–H and O–H groups in total. The number of hydrogen-bond donors (Lipinski definition) is 0. The van der Waals surface area contributed by atoms with E-state index in [0.717, 1.165) is 4.90 Å². The topological polar surface area (TPSA) is 26.3 Å². The van der Waals surface area contributed by atoms with Gasteiger partial charge >= 0.3 is 5.97 Å². The first-order valence-electron chi connectivity index (χ1n) is 9.46. The minimum absolute atomic E-state index is 0.133. The van der Waals surface area contributed by atoms with Gasteiger partial charge in [0.1, 0.15) is 16.8 Å². The van der Waals surface area contributed by atoms with Crippen molar-refractivity contribution in [2.75, 3.05) is 0 Å². The number of rotatable bonds is 4. The first kappa shape index (κ1) is 19.3. The number of ether oxygens (including phenoxy) is 1. The highest BCUT2D eigenvalue weighted by Gasteiger charge is 2.29. The van der Waals surface area contributed by atoms with E-state index >= 15 is 0 Å². The number of fused-ring (bicyclic) bond motifs is 1. The number of hydrogen-bond acceptors (Lipinski definition) is 2. The fourth-order valence-electron chi connectivity index (χ4n) is 3.52. The molecular formula is C25H22FO2S+. The number of thiophene rings is 1. The monoisotopic (exact) mass is 405 g/mol. The van der Waals surface area contributed by atoms with Crippen LogP contribution in [-0.4, -0.2) is 5.97 Å². The van der Waals surface area contributed by atoms with Crippen LogP contribution >= 0.6 is 10.5 Å². The maximum atomic E-state index is 14.1. The Balaban J connectivity index is 1.59. The van der Waals surface area contributed by atoms with E-state index in [0.29, 0.717) is 11.1 Å². The molecule has 4 aromatic rings. The summed E-state index contributed by atoms with van der Waals surface area (Å²) in [5.41, 5.74) is 1.02. The van der Waals surface area contributed by atoms with Crippen LogP contribution < -0.4 is 0 Å². The summed E-state index contributed by atoms with van der Waals surface area (Å²) in [6, 6.07) is 22.3. The molecule has 0 amide bonds. The SMILES string of the molecule is Cc1c[s+](-c2ccc(C(=O)OC(C)(C)c3ccccc3F)cc2)c2ccccc12. The molecule has 0 spiro atoms. The molecule has 2 nitrogen and oxygen atoms in total. The maximum Gasteiger partial charge on any atom is 0.339 e. The van der Waals surface area contributed by atoms with Crippen molar-refractivity contribution in [1.29, 1.82) is 0 Å². The lowest BCUT2D eigenvalue weighted by atomic mass is 9.97. The molecule has 1 unspecified atom stereocenters. The Morgan fingerprint density at radius 1 is 0.931 bits per heavy atom. The van der Waals surface area contributed by atoms with E-state index in [1.54, 1.807) is 44.2 Å². The van der Waals surface area contributed by atoms with E-state index in [2.05, 4.69) is 36.6 Å². The van der Waals surface area contributed by atoms with Crippen LogP contribution in [0.4, 0.5) is 4.39 Å². The number of esters is 1. The van der Waals surface area contributed by atoms with Crippen molar-refractivity contribution in [2.45, 2.75) is 26.4 Å². The number of halogens is 1. The van der Waals surface area contributed by atoms with Gasteiger partial charge in [0.2, 0.25) is 0 Å². The van der Waals surface area contributed by atoms with Gasteiger partial charge in [0.25, 0.3) is 0 Å². The highest BCUT2D eigenvalue weighted by Crippen LogP contribution is 2.41. The summed E-state index contributed by atoms with van der Waals surface area (Å²) in [5.74, 6) is -0.851.